The molecule has 4 nitrogen and oxygen atoms in total. The van der Waals surface area contributed by atoms with E-state index < -0.39 is 0 Å². The number of rotatable bonds is 3. The van der Waals surface area contributed by atoms with Crippen LogP contribution in [0.15, 0.2) is 36.5 Å². The molecule has 0 fully saturated rings. The van der Waals surface area contributed by atoms with Crippen molar-refractivity contribution in [1.82, 2.24) is 15.2 Å². The predicted octanol–water partition coefficient (Wildman–Crippen LogP) is 1.28. The summed E-state index contributed by atoms with van der Waals surface area (Å²) in [6, 6.07) is 10.1. The van der Waals surface area contributed by atoms with E-state index in [9.17, 15) is 0 Å². The third-order valence-corrected chi connectivity index (χ3v) is 2.88. The lowest BCUT2D eigenvalue weighted by Crippen LogP contribution is -2.29. The number of hydrogen-bond acceptors (Lipinski definition) is 3. The average Bonchev–Trinajstić information content (AvgIpc) is 2.64. The summed E-state index contributed by atoms with van der Waals surface area (Å²) in [5, 5.41) is 4.23. The number of hydrogen-bond donors (Lipinski definition) is 2. The number of benzene rings is 1. The fourth-order valence-electron chi connectivity index (χ4n) is 1.81. The Morgan fingerprint density at radius 1 is 1.31 bits per heavy atom. The summed E-state index contributed by atoms with van der Waals surface area (Å²) in [6.45, 7) is 2.04. The van der Waals surface area contributed by atoms with Crippen LogP contribution in [-0.4, -0.2) is 9.78 Å². The number of nitrogens with zero attached hydrogens (tertiary/aromatic N) is 2. The maximum absolute atomic E-state index is 5.63. The minimum Gasteiger partial charge on any atom is -0.273 e. The van der Waals surface area contributed by atoms with E-state index in [2.05, 4.69) is 22.7 Å². The summed E-state index contributed by atoms with van der Waals surface area (Å²) in [4.78, 5) is 0. The van der Waals surface area contributed by atoms with Crippen LogP contribution in [-0.2, 0) is 7.05 Å². The second-order valence-corrected chi connectivity index (χ2v) is 3.82. The van der Waals surface area contributed by atoms with E-state index in [1.54, 1.807) is 0 Å². The predicted molar refractivity (Wildman–Crippen MR) is 63.6 cm³/mol. The molecule has 84 valence electrons. The fourth-order valence-corrected chi connectivity index (χ4v) is 1.81. The van der Waals surface area contributed by atoms with Gasteiger partial charge in [-0.1, -0.05) is 30.3 Å². The van der Waals surface area contributed by atoms with Crippen LogP contribution >= 0.6 is 0 Å². The Morgan fingerprint density at radius 3 is 2.50 bits per heavy atom. The third-order valence-electron chi connectivity index (χ3n) is 2.88. The number of hydrazine groups is 1. The van der Waals surface area contributed by atoms with Gasteiger partial charge in [-0.2, -0.15) is 5.10 Å². The van der Waals surface area contributed by atoms with Crippen molar-refractivity contribution in [1.29, 1.82) is 0 Å². The van der Waals surface area contributed by atoms with Crippen molar-refractivity contribution >= 4 is 0 Å². The van der Waals surface area contributed by atoms with Gasteiger partial charge in [-0.15, -0.1) is 0 Å². The molecule has 0 bridgehead atoms. The molecule has 0 aliphatic carbocycles. The van der Waals surface area contributed by atoms with Crippen LogP contribution in [0.3, 0.4) is 0 Å². The topological polar surface area (TPSA) is 55.9 Å². The lowest BCUT2D eigenvalue weighted by Gasteiger charge is -2.15. The van der Waals surface area contributed by atoms with Gasteiger partial charge in [0.25, 0.3) is 0 Å². The summed E-state index contributed by atoms with van der Waals surface area (Å²) < 4.78 is 1.85. The molecule has 1 unspecified atom stereocenters. The quantitative estimate of drug-likeness (QED) is 0.600. The molecule has 0 saturated heterocycles. The highest BCUT2D eigenvalue weighted by Crippen LogP contribution is 2.23. The maximum atomic E-state index is 5.63. The van der Waals surface area contributed by atoms with Crippen molar-refractivity contribution < 1.29 is 0 Å². The molecule has 16 heavy (non-hydrogen) atoms. The Hall–Kier alpha value is -1.65. The zero-order valence-electron chi connectivity index (χ0n) is 9.51. The standard InChI is InChI=1S/C12H16N4/c1-9-11(8-14-16(9)2)12(15-13)10-6-4-3-5-7-10/h3-8,12,15H,13H2,1-2H3. The van der Waals surface area contributed by atoms with Crippen molar-refractivity contribution in [2.24, 2.45) is 12.9 Å². The molecule has 2 rings (SSSR count). The molecule has 0 saturated carbocycles. The lowest BCUT2D eigenvalue weighted by molar-refractivity contribution is 0.630. The highest BCUT2D eigenvalue weighted by molar-refractivity contribution is 5.32. The van der Waals surface area contributed by atoms with Crippen molar-refractivity contribution in [3.05, 3.63) is 53.3 Å². The van der Waals surface area contributed by atoms with Crippen molar-refractivity contribution in [3.63, 3.8) is 0 Å². The molecule has 1 heterocycles. The Balaban J connectivity index is 2.41. The largest absolute Gasteiger partial charge is 0.273 e. The van der Waals surface area contributed by atoms with Crippen LogP contribution in [0, 0.1) is 6.92 Å². The van der Waals surface area contributed by atoms with Crippen molar-refractivity contribution in [3.8, 4) is 0 Å². The van der Waals surface area contributed by atoms with Crippen molar-refractivity contribution in [2.75, 3.05) is 0 Å². The summed E-state index contributed by atoms with van der Waals surface area (Å²) in [5.41, 5.74) is 6.20. The molecular weight excluding hydrogens is 200 g/mol. The van der Waals surface area contributed by atoms with Crippen LogP contribution in [0.5, 0.6) is 0 Å². The van der Waals surface area contributed by atoms with E-state index in [4.69, 9.17) is 5.84 Å². The Kier molecular flexibility index (Phi) is 3.03. The van der Waals surface area contributed by atoms with Crippen LogP contribution < -0.4 is 11.3 Å². The first-order chi connectivity index (χ1) is 7.74. The molecule has 3 N–H and O–H groups in total. The second kappa shape index (κ2) is 4.47. The Labute approximate surface area is 95.1 Å². The normalized spacial score (nSPS) is 12.7. The molecule has 1 aromatic heterocycles. The van der Waals surface area contributed by atoms with Gasteiger partial charge in [0, 0.05) is 18.3 Å². The van der Waals surface area contributed by atoms with Gasteiger partial charge in [0.1, 0.15) is 0 Å². The summed E-state index contributed by atoms with van der Waals surface area (Å²) >= 11 is 0. The van der Waals surface area contributed by atoms with E-state index in [0.717, 1.165) is 16.8 Å². The molecular formula is C12H16N4. The minimum absolute atomic E-state index is 0.00472. The molecule has 0 aliphatic heterocycles. The van der Waals surface area contributed by atoms with Gasteiger partial charge in [0.15, 0.2) is 0 Å². The Morgan fingerprint density at radius 2 is 2.00 bits per heavy atom. The van der Waals surface area contributed by atoms with Crippen molar-refractivity contribution in [2.45, 2.75) is 13.0 Å². The van der Waals surface area contributed by atoms with E-state index in [1.165, 1.54) is 0 Å². The number of aromatic nitrogens is 2. The van der Waals surface area contributed by atoms with Crippen LogP contribution in [0.4, 0.5) is 0 Å². The highest BCUT2D eigenvalue weighted by atomic mass is 15.3. The van der Waals surface area contributed by atoms with Crippen LogP contribution in [0.2, 0.25) is 0 Å². The van der Waals surface area contributed by atoms with E-state index in [0.29, 0.717) is 0 Å². The molecule has 0 spiro atoms. The molecule has 0 radical (unpaired) electrons. The molecule has 0 aliphatic rings. The van der Waals surface area contributed by atoms with Crippen LogP contribution in [0.25, 0.3) is 0 Å². The first-order valence-corrected chi connectivity index (χ1v) is 5.23. The molecule has 4 heteroatoms. The summed E-state index contributed by atoms with van der Waals surface area (Å²) in [5.74, 6) is 5.63. The SMILES string of the molecule is Cc1c(C(NN)c2ccccc2)cnn1C. The molecule has 1 aromatic carbocycles. The van der Waals surface area contributed by atoms with Gasteiger partial charge in [-0.3, -0.25) is 10.5 Å². The monoisotopic (exact) mass is 216 g/mol. The molecule has 2 aromatic rings. The summed E-state index contributed by atoms with van der Waals surface area (Å²) in [6.07, 6.45) is 1.85. The third kappa shape index (κ3) is 1.85. The zero-order chi connectivity index (χ0) is 11.5. The van der Waals surface area contributed by atoms with Gasteiger partial charge < -0.3 is 0 Å². The number of nitrogens with two attached hydrogens (primary N) is 1. The van der Waals surface area contributed by atoms with E-state index in [1.807, 2.05) is 43.0 Å². The van der Waals surface area contributed by atoms with E-state index >= 15 is 0 Å². The summed E-state index contributed by atoms with van der Waals surface area (Å²) in [7, 11) is 1.93. The van der Waals surface area contributed by atoms with Gasteiger partial charge in [0.2, 0.25) is 0 Å². The van der Waals surface area contributed by atoms with Gasteiger partial charge >= 0.3 is 0 Å². The maximum Gasteiger partial charge on any atom is 0.0743 e. The lowest BCUT2D eigenvalue weighted by atomic mass is 10.0. The first-order valence-electron chi connectivity index (χ1n) is 5.23. The van der Waals surface area contributed by atoms with Gasteiger partial charge in [-0.25, -0.2) is 5.43 Å². The second-order valence-electron chi connectivity index (χ2n) is 3.82. The molecule has 0 amide bonds. The number of nitrogens with one attached hydrogen (secondary N) is 1. The smallest absolute Gasteiger partial charge is 0.0743 e. The minimum atomic E-state index is -0.00472. The fraction of sp³-hybridized carbons (Fsp3) is 0.250. The zero-order valence-corrected chi connectivity index (χ0v) is 9.51. The average molecular weight is 216 g/mol. The van der Waals surface area contributed by atoms with Gasteiger partial charge in [0.05, 0.1) is 12.2 Å². The van der Waals surface area contributed by atoms with Gasteiger partial charge in [-0.05, 0) is 12.5 Å². The van der Waals surface area contributed by atoms with Crippen LogP contribution in [0.1, 0.15) is 22.9 Å². The number of aryl methyl sites for hydroxylation is 1. The highest BCUT2D eigenvalue weighted by Gasteiger charge is 2.16. The first kappa shape index (κ1) is 10.9. The van der Waals surface area contributed by atoms with E-state index in [-0.39, 0.29) is 6.04 Å². The molecule has 1 atom stereocenters. The Bertz CT molecular complexity index is 461.